The minimum atomic E-state index is 0.404. The summed E-state index contributed by atoms with van der Waals surface area (Å²) in [5.41, 5.74) is 2.40. The second kappa shape index (κ2) is 3.76. The van der Waals surface area contributed by atoms with Gasteiger partial charge in [0, 0.05) is 23.6 Å². The zero-order valence-corrected chi connectivity index (χ0v) is 9.86. The van der Waals surface area contributed by atoms with Crippen molar-refractivity contribution in [3.05, 3.63) is 29.4 Å². The Bertz CT molecular complexity index is 392. The first-order chi connectivity index (χ1) is 7.09. The lowest BCUT2D eigenvalue weighted by Gasteiger charge is -2.14. The van der Waals surface area contributed by atoms with Crippen molar-refractivity contribution in [2.75, 3.05) is 0 Å². The molecule has 0 aliphatic heterocycles. The van der Waals surface area contributed by atoms with Gasteiger partial charge in [0.25, 0.3) is 0 Å². The fourth-order valence-corrected chi connectivity index (χ4v) is 1.97. The summed E-state index contributed by atoms with van der Waals surface area (Å²) in [6.45, 7) is 8.72. The molecule has 0 radical (unpaired) electrons. The van der Waals surface area contributed by atoms with Crippen molar-refractivity contribution < 1.29 is 0 Å². The first kappa shape index (κ1) is 10.3. The third-order valence-corrected chi connectivity index (χ3v) is 2.92. The smallest absolute Gasteiger partial charge is 0.131 e. The molecule has 1 aliphatic rings. The summed E-state index contributed by atoms with van der Waals surface area (Å²) in [4.78, 5) is 9.02. The van der Waals surface area contributed by atoms with Crippen LogP contribution in [0.25, 0.3) is 6.08 Å². The molecule has 0 bridgehead atoms. The second-order valence-corrected chi connectivity index (χ2v) is 4.85. The van der Waals surface area contributed by atoms with Gasteiger partial charge in [-0.05, 0) is 12.0 Å². The van der Waals surface area contributed by atoms with Gasteiger partial charge in [-0.3, -0.25) is 0 Å². The monoisotopic (exact) mass is 202 g/mol. The standard InChI is InChI=1S/C13H18N2/c1-8(2)10-5-6-12-11(10)7-14-13(15-12)9(3)4/h5-10H,1-4H3. The van der Waals surface area contributed by atoms with Crippen molar-refractivity contribution >= 4 is 6.08 Å². The fraction of sp³-hybridized carbons (Fsp3) is 0.538. The summed E-state index contributed by atoms with van der Waals surface area (Å²) in [6, 6.07) is 0. The lowest BCUT2D eigenvalue weighted by molar-refractivity contribution is 0.580. The van der Waals surface area contributed by atoms with Gasteiger partial charge < -0.3 is 0 Å². The van der Waals surface area contributed by atoms with Gasteiger partial charge in [-0.15, -0.1) is 0 Å². The molecule has 1 aromatic rings. The van der Waals surface area contributed by atoms with E-state index in [2.05, 4.69) is 49.8 Å². The van der Waals surface area contributed by atoms with Crippen LogP contribution in [0, 0.1) is 5.92 Å². The summed E-state index contributed by atoms with van der Waals surface area (Å²) in [5.74, 6) is 2.47. The molecule has 1 heterocycles. The summed E-state index contributed by atoms with van der Waals surface area (Å²) >= 11 is 0. The van der Waals surface area contributed by atoms with E-state index < -0.39 is 0 Å². The fourth-order valence-electron chi connectivity index (χ4n) is 1.97. The second-order valence-electron chi connectivity index (χ2n) is 4.85. The van der Waals surface area contributed by atoms with E-state index in [0.717, 1.165) is 11.5 Å². The van der Waals surface area contributed by atoms with Crippen molar-refractivity contribution in [3.8, 4) is 0 Å². The molecule has 1 aromatic heterocycles. The summed E-state index contributed by atoms with van der Waals surface area (Å²) in [6.07, 6.45) is 6.38. The largest absolute Gasteiger partial charge is 0.241 e. The van der Waals surface area contributed by atoms with Crippen LogP contribution in [0.5, 0.6) is 0 Å². The van der Waals surface area contributed by atoms with Crippen LogP contribution < -0.4 is 0 Å². The molecule has 0 spiro atoms. The van der Waals surface area contributed by atoms with Gasteiger partial charge in [-0.25, -0.2) is 9.97 Å². The molecular formula is C13H18N2. The van der Waals surface area contributed by atoms with E-state index in [0.29, 0.717) is 17.8 Å². The minimum absolute atomic E-state index is 0.404. The molecule has 1 aliphatic carbocycles. The molecule has 15 heavy (non-hydrogen) atoms. The third kappa shape index (κ3) is 1.81. The topological polar surface area (TPSA) is 25.8 Å². The Kier molecular flexibility index (Phi) is 2.59. The Morgan fingerprint density at radius 3 is 2.53 bits per heavy atom. The molecule has 2 nitrogen and oxygen atoms in total. The molecule has 2 heteroatoms. The van der Waals surface area contributed by atoms with Crippen LogP contribution in [-0.4, -0.2) is 9.97 Å². The van der Waals surface area contributed by atoms with Crippen molar-refractivity contribution in [2.24, 2.45) is 5.92 Å². The van der Waals surface area contributed by atoms with Gasteiger partial charge >= 0.3 is 0 Å². The van der Waals surface area contributed by atoms with Crippen molar-refractivity contribution in [2.45, 2.75) is 39.5 Å². The van der Waals surface area contributed by atoms with E-state index in [9.17, 15) is 0 Å². The number of fused-ring (bicyclic) bond motifs is 1. The highest BCUT2D eigenvalue weighted by molar-refractivity contribution is 5.58. The number of rotatable bonds is 2. The lowest BCUT2D eigenvalue weighted by atomic mass is 9.92. The summed E-state index contributed by atoms with van der Waals surface area (Å²) < 4.78 is 0. The van der Waals surface area contributed by atoms with E-state index in [1.54, 1.807) is 0 Å². The Labute approximate surface area is 91.5 Å². The number of nitrogens with zero attached hydrogens (tertiary/aromatic N) is 2. The van der Waals surface area contributed by atoms with E-state index in [1.165, 1.54) is 5.56 Å². The molecule has 0 amide bonds. The van der Waals surface area contributed by atoms with Gasteiger partial charge in [0.05, 0.1) is 5.69 Å². The molecular weight excluding hydrogens is 184 g/mol. The van der Waals surface area contributed by atoms with Gasteiger partial charge in [-0.1, -0.05) is 33.8 Å². The van der Waals surface area contributed by atoms with Gasteiger partial charge in [0.15, 0.2) is 0 Å². The Morgan fingerprint density at radius 2 is 1.93 bits per heavy atom. The normalized spacial score (nSPS) is 18.9. The first-order valence-corrected chi connectivity index (χ1v) is 5.64. The van der Waals surface area contributed by atoms with E-state index in [-0.39, 0.29) is 0 Å². The Balaban J connectivity index is 2.38. The van der Waals surface area contributed by atoms with Crippen LogP contribution in [0.4, 0.5) is 0 Å². The average molecular weight is 202 g/mol. The number of hydrogen-bond donors (Lipinski definition) is 0. The van der Waals surface area contributed by atoms with E-state index in [1.807, 2.05) is 6.20 Å². The zero-order chi connectivity index (χ0) is 11.0. The Morgan fingerprint density at radius 1 is 1.20 bits per heavy atom. The molecule has 2 rings (SSSR count). The lowest BCUT2D eigenvalue weighted by Crippen LogP contribution is -2.06. The molecule has 0 aromatic carbocycles. The third-order valence-electron chi connectivity index (χ3n) is 2.92. The maximum atomic E-state index is 4.59. The first-order valence-electron chi connectivity index (χ1n) is 5.64. The van der Waals surface area contributed by atoms with Crippen molar-refractivity contribution in [3.63, 3.8) is 0 Å². The van der Waals surface area contributed by atoms with Crippen molar-refractivity contribution in [1.29, 1.82) is 0 Å². The molecule has 0 N–H and O–H groups in total. The van der Waals surface area contributed by atoms with Crippen LogP contribution in [0.2, 0.25) is 0 Å². The van der Waals surface area contributed by atoms with Crippen LogP contribution in [0.3, 0.4) is 0 Å². The van der Waals surface area contributed by atoms with Gasteiger partial charge in [0.1, 0.15) is 5.82 Å². The molecule has 1 atom stereocenters. The predicted octanol–water partition coefficient (Wildman–Crippen LogP) is 3.37. The molecule has 1 unspecified atom stereocenters. The van der Waals surface area contributed by atoms with E-state index >= 15 is 0 Å². The summed E-state index contributed by atoms with van der Waals surface area (Å²) in [7, 11) is 0. The minimum Gasteiger partial charge on any atom is -0.241 e. The van der Waals surface area contributed by atoms with E-state index in [4.69, 9.17) is 0 Å². The average Bonchev–Trinajstić information content (AvgIpc) is 2.59. The van der Waals surface area contributed by atoms with Crippen LogP contribution in [0.1, 0.15) is 56.6 Å². The maximum absolute atomic E-state index is 4.59. The SMILES string of the molecule is CC(C)c1ncc2c(n1)C=CC2C(C)C. The number of aromatic nitrogens is 2. The molecule has 0 saturated carbocycles. The van der Waals surface area contributed by atoms with Crippen LogP contribution >= 0.6 is 0 Å². The quantitative estimate of drug-likeness (QED) is 0.734. The Hall–Kier alpha value is -1.18. The summed E-state index contributed by atoms with van der Waals surface area (Å²) in [5, 5.41) is 0. The van der Waals surface area contributed by atoms with Gasteiger partial charge in [-0.2, -0.15) is 0 Å². The van der Waals surface area contributed by atoms with Crippen LogP contribution in [-0.2, 0) is 0 Å². The highest BCUT2D eigenvalue weighted by Crippen LogP contribution is 2.34. The van der Waals surface area contributed by atoms with Gasteiger partial charge in [0.2, 0.25) is 0 Å². The number of allylic oxidation sites excluding steroid dienone is 1. The molecule has 0 fully saturated rings. The number of hydrogen-bond acceptors (Lipinski definition) is 2. The highest BCUT2D eigenvalue weighted by Gasteiger charge is 2.22. The maximum Gasteiger partial charge on any atom is 0.131 e. The zero-order valence-electron chi connectivity index (χ0n) is 9.86. The predicted molar refractivity (Wildman–Crippen MR) is 62.7 cm³/mol. The van der Waals surface area contributed by atoms with Crippen LogP contribution in [0.15, 0.2) is 12.3 Å². The van der Waals surface area contributed by atoms with Crippen molar-refractivity contribution in [1.82, 2.24) is 9.97 Å². The molecule has 0 saturated heterocycles. The highest BCUT2D eigenvalue weighted by atomic mass is 14.9. The molecule has 80 valence electrons.